The Morgan fingerprint density at radius 3 is 2.00 bits per heavy atom. The van der Waals surface area contributed by atoms with Gasteiger partial charge in [-0.05, 0) is 6.04 Å². The van der Waals surface area contributed by atoms with Crippen LogP contribution in [0.4, 0.5) is 13.2 Å². The summed E-state index contributed by atoms with van der Waals surface area (Å²) in [6, 6.07) is 0.156. The van der Waals surface area contributed by atoms with Crippen LogP contribution in [0, 0.1) is 0 Å². The Labute approximate surface area is 53.7 Å². The summed E-state index contributed by atoms with van der Waals surface area (Å²) in [5.41, 5.74) is 0. The van der Waals surface area contributed by atoms with Gasteiger partial charge in [0.15, 0.2) is 0 Å². The van der Waals surface area contributed by atoms with Crippen molar-refractivity contribution < 1.29 is 13.2 Å². The number of hydrogen-bond donors (Lipinski definition) is 1. The fourth-order valence-electron chi connectivity index (χ4n) is 0.391. The van der Waals surface area contributed by atoms with Gasteiger partial charge in [0.2, 0.25) is 0 Å². The van der Waals surface area contributed by atoms with E-state index in [2.05, 4.69) is 0 Å². The van der Waals surface area contributed by atoms with E-state index in [4.69, 9.17) is 5.40 Å². The predicted molar refractivity (Wildman–Crippen MR) is 32.7 cm³/mol. The molecule has 0 rings (SSSR count). The van der Waals surface area contributed by atoms with Gasteiger partial charge in [-0.1, -0.05) is 6.55 Å². The maximum absolute atomic E-state index is 11.4. The van der Waals surface area contributed by atoms with Crippen molar-refractivity contribution in [1.29, 1.82) is 0 Å². The highest BCUT2D eigenvalue weighted by molar-refractivity contribution is 6.53. The van der Waals surface area contributed by atoms with Gasteiger partial charge in [0, 0.05) is 6.42 Å². The van der Waals surface area contributed by atoms with Crippen LogP contribution < -0.4 is 5.40 Å². The van der Waals surface area contributed by atoms with E-state index in [9.17, 15) is 13.2 Å². The molecule has 0 aliphatic carbocycles. The molecule has 2 N–H and O–H groups in total. The SMILES string of the molecule is C[SiH](N)CCC(F)(F)F. The van der Waals surface area contributed by atoms with E-state index in [1.807, 2.05) is 0 Å². The van der Waals surface area contributed by atoms with Crippen LogP contribution in [0.5, 0.6) is 0 Å². The van der Waals surface area contributed by atoms with Crippen molar-refractivity contribution in [2.24, 2.45) is 5.40 Å². The van der Waals surface area contributed by atoms with Crippen LogP contribution in [0.15, 0.2) is 0 Å². The van der Waals surface area contributed by atoms with Crippen molar-refractivity contribution >= 4 is 8.96 Å². The van der Waals surface area contributed by atoms with E-state index in [-0.39, 0.29) is 6.04 Å². The Bertz CT molecular complexity index is 80.4. The molecular weight excluding hydrogens is 147 g/mol. The monoisotopic (exact) mass is 157 g/mol. The molecule has 0 aliphatic rings. The predicted octanol–water partition coefficient (Wildman–Crippen LogP) is 1.25. The lowest BCUT2D eigenvalue weighted by atomic mass is 10.5. The Morgan fingerprint density at radius 2 is 1.89 bits per heavy atom. The molecule has 0 aliphatic heterocycles. The average Bonchev–Trinajstić information content (AvgIpc) is 1.59. The first-order chi connectivity index (χ1) is 3.92. The molecule has 0 saturated carbocycles. The van der Waals surface area contributed by atoms with Gasteiger partial charge in [-0.3, -0.25) is 0 Å². The van der Waals surface area contributed by atoms with Crippen LogP contribution in [-0.4, -0.2) is 15.1 Å². The molecule has 1 nitrogen and oxygen atoms in total. The fourth-order valence-corrected chi connectivity index (χ4v) is 1.17. The molecule has 1 atom stereocenters. The molecule has 0 aromatic carbocycles. The summed E-state index contributed by atoms with van der Waals surface area (Å²) >= 11 is 0. The van der Waals surface area contributed by atoms with Gasteiger partial charge in [-0.2, -0.15) is 13.2 Å². The minimum absolute atomic E-state index is 0.156. The molecule has 0 aromatic heterocycles. The van der Waals surface area contributed by atoms with Crippen LogP contribution in [-0.2, 0) is 0 Å². The lowest BCUT2D eigenvalue weighted by Gasteiger charge is -2.05. The third-order valence-corrected chi connectivity index (χ3v) is 2.08. The Hall–Kier alpha value is -0.0331. The van der Waals surface area contributed by atoms with Gasteiger partial charge in [0.05, 0.1) is 0 Å². The van der Waals surface area contributed by atoms with Gasteiger partial charge < -0.3 is 5.40 Å². The van der Waals surface area contributed by atoms with Crippen molar-refractivity contribution in [1.82, 2.24) is 0 Å². The minimum Gasteiger partial charge on any atom is -0.353 e. The van der Waals surface area contributed by atoms with Crippen molar-refractivity contribution in [3.05, 3.63) is 0 Å². The van der Waals surface area contributed by atoms with Gasteiger partial charge in [0.25, 0.3) is 0 Å². The summed E-state index contributed by atoms with van der Waals surface area (Å²) in [5, 5.41) is 5.24. The van der Waals surface area contributed by atoms with E-state index >= 15 is 0 Å². The molecule has 0 bridgehead atoms. The highest BCUT2D eigenvalue weighted by Crippen LogP contribution is 2.21. The van der Waals surface area contributed by atoms with Crippen molar-refractivity contribution in [2.45, 2.75) is 25.2 Å². The summed E-state index contributed by atoms with van der Waals surface area (Å²) in [5.74, 6) is 0. The van der Waals surface area contributed by atoms with E-state index in [1.165, 1.54) is 0 Å². The zero-order valence-corrected chi connectivity index (χ0v) is 6.36. The summed E-state index contributed by atoms with van der Waals surface area (Å²) in [4.78, 5) is 0. The normalized spacial score (nSPS) is 15.7. The fraction of sp³-hybridized carbons (Fsp3) is 1.00. The topological polar surface area (TPSA) is 26.0 Å². The first-order valence-corrected chi connectivity index (χ1v) is 5.38. The second kappa shape index (κ2) is 3.22. The molecular formula is C4H10F3NSi. The third kappa shape index (κ3) is 7.97. The van der Waals surface area contributed by atoms with Crippen molar-refractivity contribution in [2.75, 3.05) is 0 Å². The van der Waals surface area contributed by atoms with Crippen molar-refractivity contribution in [3.63, 3.8) is 0 Å². The second-order valence-electron chi connectivity index (χ2n) is 2.13. The standard InChI is InChI=1S/C4H10F3NSi/c1-9(8)3-2-4(5,6)7/h9H,2-3,8H2,1H3. The zero-order chi connectivity index (χ0) is 7.49. The molecule has 0 aromatic rings. The van der Waals surface area contributed by atoms with E-state index in [1.54, 1.807) is 6.55 Å². The van der Waals surface area contributed by atoms with E-state index < -0.39 is 21.6 Å². The summed E-state index contributed by atoms with van der Waals surface area (Å²) in [6.45, 7) is 1.70. The highest BCUT2D eigenvalue weighted by atomic mass is 28.3. The minimum atomic E-state index is -4.01. The first kappa shape index (κ1) is 8.97. The zero-order valence-electron chi connectivity index (χ0n) is 5.20. The lowest BCUT2D eigenvalue weighted by Crippen LogP contribution is -2.23. The number of alkyl halides is 3. The quantitative estimate of drug-likeness (QED) is 0.600. The van der Waals surface area contributed by atoms with Crippen LogP contribution in [0.3, 0.4) is 0 Å². The van der Waals surface area contributed by atoms with Gasteiger partial charge >= 0.3 is 6.18 Å². The van der Waals surface area contributed by atoms with Crippen LogP contribution in [0.1, 0.15) is 6.42 Å². The van der Waals surface area contributed by atoms with Crippen molar-refractivity contribution in [3.8, 4) is 0 Å². The number of rotatable bonds is 2. The van der Waals surface area contributed by atoms with Crippen LogP contribution in [0.2, 0.25) is 12.6 Å². The molecule has 0 fully saturated rings. The molecule has 0 heterocycles. The molecule has 56 valence electrons. The molecule has 0 spiro atoms. The molecule has 1 unspecified atom stereocenters. The smallest absolute Gasteiger partial charge is 0.353 e. The first-order valence-electron chi connectivity index (χ1n) is 2.74. The summed E-state index contributed by atoms with van der Waals surface area (Å²) < 4.78 is 34.1. The Morgan fingerprint density at radius 1 is 1.44 bits per heavy atom. The second-order valence-corrected chi connectivity index (χ2v) is 4.66. The average molecular weight is 157 g/mol. The summed E-state index contributed by atoms with van der Waals surface area (Å²) in [6.07, 6.45) is -4.72. The molecule has 9 heavy (non-hydrogen) atoms. The van der Waals surface area contributed by atoms with Gasteiger partial charge in [-0.15, -0.1) is 0 Å². The Balaban J connectivity index is 3.28. The maximum atomic E-state index is 11.4. The third-order valence-electron chi connectivity index (χ3n) is 0.883. The van der Waals surface area contributed by atoms with Crippen LogP contribution in [0.25, 0.3) is 0 Å². The highest BCUT2D eigenvalue weighted by Gasteiger charge is 2.26. The van der Waals surface area contributed by atoms with E-state index in [0.717, 1.165) is 0 Å². The summed E-state index contributed by atoms with van der Waals surface area (Å²) in [7, 11) is -1.49. The Kier molecular flexibility index (Phi) is 3.20. The lowest BCUT2D eigenvalue weighted by molar-refractivity contribution is -0.130. The van der Waals surface area contributed by atoms with Crippen LogP contribution >= 0.6 is 0 Å². The maximum Gasteiger partial charge on any atom is 0.388 e. The van der Waals surface area contributed by atoms with Gasteiger partial charge in [-0.25, -0.2) is 0 Å². The molecule has 0 saturated heterocycles. The number of hydrogen-bond acceptors (Lipinski definition) is 1. The number of halogens is 3. The molecule has 5 heteroatoms. The number of nitrogens with two attached hydrogens (primary N) is 1. The molecule has 0 radical (unpaired) electrons. The van der Waals surface area contributed by atoms with E-state index in [0.29, 0.717) is 0 Å². The van der Waals surface area contributed by atoms with Gasteiger partial charge in [0.1, 0.15) is 8.96 Å². The largest absolute Gasteiger partial charge is 0.388 e. The molecule has 0 amide bonds.